The number of carbonyl (C=O) groups is 1. The molecule has 3 saturated carbocycles. The fourth-order valence-corrected chi connectivity index (χ4v) is 9.39. The zero-order chi connectivity index (χ0) is 24.0. The summed E-state index contributed by atoms with van der Waals surface area (Å²) in [6.07, 6.45) is 15.7. The van der Waals surface area contributed by atoms with Gasteiger partial charge in [0.1, 0.15) is 0 Å². The molecule has 3 heteroatoms. The van der Waals surface area contributed by atoms with E-state index >= 15 is 0 Å². The molecule has 4 rings (SSSR count). The first-order valence-electron chi connectivity index (χ1n) is 14.2. The van der Waals surface area contributed by atoms with Crippen LogP contribution in [0.15, 0.2) is 11.6 Å². The number of rotatable bonds is 8. The van der Waals surface area contributed by atoms with Crippen LogP contribution in [0.25, 0.3) is 0 Å². The van der Waals surface area contributed by atoms with Crippen LogP contribution < -0.4 is 0 Å². The molecule has 0 radical (unpaired) electrons. The van der Waals surface area contributed by atoms with Gasteiger partial charge in [-0.25, -0.2) is 0 Å². The van der Waals surface area contributed by atoms with Gasteiger partial charge in [-0.2, -0.15) is 0 Å². The van der Waals surface area contributed by atoms with Crippen LogP contribution in [0.5, 0.6) is 0 Å². The number of carboxylic acid groups (broad SMARTS) is 1. The van der Waals surface area contributed by atoms with E-state index in [1.807, 2.05) is 0 Å². The van der Waals surface area contributed by atoms with Gasteiger partial charge in [0.25, 0.3) is 0 Å². The third-order valence-corrected chi connectivity index (χ3v) is 11.3. The van der Waals surface area contributed by atoms with E-state index < -0.39 is 12.1 Å². The van der Waals surface area contributed by atoms with Crippen molar-refractivity contribution >= 4 is 5.97 Å². The van der Waals surface area contributed by atoms with Crippen molar-refractivity contribution in [3.63, 3.8) is 0 Å². The second-order valence-corrected chi connectivity index (χ2v) is 13.5. The smallest absolute Gasteiger partial charge is 0.305 e. The second kappa shape index (κ2) is 9.67. The molecule has 2 N–H and O–H groups in total. The summed E-state index contributed by atoms with van der Waals surface area (Å²) >= 11 is 0. The van der Waals surface area contributed by atoms with Crippen molar-refractivity contribution in [3.8, 4) is 0 Å². The van der Waals surface area contributed by atoms with Crippen LogP contribution in [-0.4, -0.2) is 22.3 Å². The molecule has 0 aromatic rings. The molecule has 0 saturated heterocycles. The third-order valence-electron chi connectivity index (χ3n) is 11.3. The zero-order valence-electron chi connectivity index (χ0n) is 22.0. The molecule has 3 nitrogen and oxygen atoms in total. The molecular formula is C30H50O3. The summed E-state index contributed by atoms with van der Waals surface area (Å²) in [5.74, 6) is 4.29. The van der Waals surface area contributed by atoms with Gasteiger partial charge in [0.05, 0.1) is 12.5 Å². The van der Waals surface area contributed by atoms with Crippen LogP contribution >= 0.6 is 0 Å². The average molecular weight is 459 g/mol. The van der Waals surface area contributed by atoms with Crippen LogP contribution in [0.2, 0.25) is 0 Å². The fraction of sp³-hybridized carbons (Fsp3) is 0.900. The predicted molar refractivity (Wildman–Crippen MR) is 135 cm³/mol. The Morgan fingerprint density at radius 1 is 1.06 bits per heavy atom. The minimum Gasteiger partial charge on any atom is -0.481 e. The number of allylic oxidation sites excluding steroid dienone is 2. The fourth-order valence-electron chi connectivity index (χ4n) is 9.39. The third kappa shape index (κ3) is 4.69. The lowest BCUT2D eigenvalue weighted by Gasteiger charge is -2.59. The topological polar surface area (TPSA) is 57.5 Å². The molecular weight excluding hydrogens is 408 g/mol. The van der Waals surface area contributed by atoms with Crippen LogP contribution in [0.1, 0.15) is 112 Å². The first-order chi connectivity index (χ1) is 15.6. The number of fused-ring (bicyclic) bond motifs is 5. The molecule has 9 atom stereocenters. The van der Waals surface area contributed by atoms with Gasteiger partial charge in [0.15, 0.2) is 0 Å². The van der Waals surface area contributed by atoms with Crippen molar-refractivity contribution in [2.24, 2.45) is 52.3 Å². The highest BCUT2D eigenvalue weighted by Crippen LogP contribution is 2.67. The van der Waals surface area contributed by atoms with Gasteiger partial charge >= 0.3 is 5.97 Å². The van der Waals surface area contributed by atoms with E-state index in [1.165, 1.54) is 51.4 Å². The first-order valence-corrected chi connectivity index (χ1v) is 14.2. The quantitative estimate of drug-likeness (QED) is 0.371. The van der Waals surface area contributed by atoms with Crippen LogP contribution in [0.3, 0.4) is 0 Å². The monoisotopic (exact) mass is 458 g/mol. The first kappa shape index (κ1) is 25.3. The molecule has 4 aliphatic rings. The van der Waals surface area contributed by atoms with E-state index in [4.69, 9.17) is 5.11 Å². The summed E-state index contributed by atoms with van der Waals surface area (Å²) in [7, 11) is 0. The van der Waals surface area contributed by atoms with Gasteiger partial charge in [-0.1, -0.05) is 65.5 Å². The Kier molecular flexibility index (Phi) is 7.40. The lowest BCUT2D eigenvalue weighted by atomic mass is 9.46. The van der Waals surface area contributed by atoms with Gasteiger partial charge < -0.3 is 10.2 Å². The van der Waals surface area contributed by atoms with Gasteiger partial charge in [-0.05, 0) is 104 Å². The van der Waals surface area contributed by atoms with Crippen molar-refractivity contribution < 1.29 is 15.0 Å². The maximum atomic E-state index is 11.1. The van der Waals surface area contributed by atoms with E-state index in [0.717, 1.165) is 54.8 Å². The van der Waals surface area contributed by atoms with E-state index in [-0.39, 0.29) is 17.8 Å². The number of aliphatic hydroxyl groups excluding tert-OH is 1. The van der Waals surface area contributed by atoms with E-state index in [1.54, 1.807) is 5.57 Å². The Morgan fingerprint density at radius 3 is 2.52 bits per heavy atom. The molecule has 0 aromatic heterocycles. The molecule has 0 spiro atoms. The van der Waals surface area contributed by atoms with Crippen molar-refractivity contribution in [1.82, 2.24) is 0 Å². The minimum atomic E-state index is -0.880. The van der Waals surface area contributed by atoms with Crippen LogP contribution in [0, 0.1) is 52.3 Å². The van der Waals surface area contributed by atoms with Gasteiger partial charge in [-0.3, -0.25) is 4.79 Å². The SMILES string of the molecule is CC(C)CCC[C@@H](C)[C@H]1CC[C@H]2[C@@H]3CC=C4C[C@@H]([C@@H](O)CC(=O)O)CC[C@]4(C)[C@H]3CC[C@]12C. The minimum absolute atomic E-state index is 0.113. The number of hydrogen-bond acceptors (Lipinski definition) is 2. The number of carboxylic acids is 1. The molecule has 0 heterocycles. The predicted octanol–water partition coefficient (Wildman–Crippen LogP) is 7.48. The Bertz CT molecular complexity index is 741. The van der Waals surface area contributed by atoms with E-state index in [2.05, 4.69) is 40.7 Å². The van der Waals surface area contributed by atoms with Crippen molar-refractivity contribution in [2.75, 3.05) is 0 Å². The molecule has 188 valence electrons. The Morgan fingerprint density at radius 2 is 1.82 bits per heavy atom. The molecule has 4 aliphatic carbocycles. The van der Waals surface area contributed by atoms with Crippen molar-refractivity contribution in [2.45, 2.75) is 118 Å². The largest absolute Gasteiger partial charge is 0.481 e. The lowest BCUT2D eigenvalue weighted by molar-refractivity contribution is -0.140. The van der Waals surface area contributed by atoms with Gasteiger partial charge in [0.2, 0.25) is 0 Å². The highest BCUT2D eigenvalue weighted by Gasteiger charge is 2.59. The van der Waals surface area contributed by atoms with Gasteiger partial charge in [0, 0.05) is 0 Å². The molecule has 3 fully saturated rings. The molecule has 0 bridgehead atoms. The summed E-state index contributed by atoms with van der Waals surface area (Å²) in [5.41, 5.74) is 2.34. The van der Waals surface area contributed by atoms with Crippen LogP contribution in [0.4, 0.5) is 0 Å². The Balaban J connectivity index is 1.46. The average Bonchev–Trinajstić information content (AvgIpc) is 3.09. The summed E-state index contributed by atoms with van der Waals surface area (Å²) < 4.78 is 0. The second-order valence-electron chi connectivity index (χ2n) is 13.5. The normalized spacial score (nSPS) is 42.2. The summed E-state index contributed by atoms with van der Waals surface area (Å²) in [5, 5.41) is 19.6. The molecule has 0 aliphatic heterocycles. The molecule has 0 unspecified atom stereocenters. The molecule has 0 amide bonds. The van der Waals surface area contributed by atoms with Crippen molar-refractivity contribution in [1.29, 1.82) is 0 Å². The summed E-state index contributed by atoms with van der Waals surface area (Å²) in [4.78, 5) is 11.1. The maximum Gasteiger partial charge on any atom is 0.305 e. The summed E-state index contributed by atoms with van der Waals surface area (Å²) in [6, 6.07) is 0. The van der Waals surface area contributed by atoms with Gasteiger partial charge in [-0.15, -0.1) is 0 Å². The van der Waals surface area contributed by atoms with E-state index in [9.17, 15) is 9.90 Å². The summed E-state index contributed by atoms with van der Waals surface area (Å²) in [6.45, 7) is 12.4. The molecule has 33 heavy (non-hydrogen) atoms. The number of aliphatic hydroxyl groups is 1. The number of hydrogen-bond donors (Lipinski definition) is 2. The van der Waals surface area contributed by atoms with Crippen LogP contribution in [-0.2, 0) is 4.79 Å². The number of aliphatic carboxylic acids is 1. The highest BCUT2D eigenvalue weighted by atomic mass is 16.4. The zero-order valence-corrected chi connectivity index (χ0v) is 22.0. The lowest BCUT2D eigenvalue weighted by Crippen LogP contribution is -2.51. The Hall–Kier alpha value is -0.830. The Labute approximate surface area is 202 Å². The highest BCUT2D eigenvalue weighted by molar-refractivity contribution is 5.67. The van der Waals surface area contributed by atoms with E-state index in [0.29, 0.717) is 5.41 Å². The molecule has 0 aromatic carbocycles. The van der Waals surface area contributed by atoms with Crippen molar-refractivity contribution in [3.05, 3.63) is 11.6 Å². The standard InChI is InChI=1S/C30H50O3/c1-19(2)7-6-8-20(3)24-11-12-25-23-10-9-22-17-21(27(31)18-28(32)33)13-15-29(22,4)26(23)14-16-30(24,25)5/h9,19-21,23-27,31H,6-8,10-18H2,1-5H3,(H,32,33)/t20-,21+,23+,24-,25+,26+,27+,29+,30-/m1/s1. The maximum absolute atomic E-state index is 11.1.